The summed E-state index contributed by atoms with van der Waals surface area (Å²) in [6.07, 6.45) is 0.639. The molecule has 8 heteroatoms. The highest BCUT2D eigenvalue weighted by Gasteiger charge is 2.27. The van der Waals surface area contributed by atoms with Crippen LogP contribution in [-0.4, -0.2) is 52.2 Å². The second-order valence-electron chi connectivity index (χ2n) is 7.53. The molecule has 1 unspecified atom stereocenters. The Labute approximate surface area is 181 Å². The van der Waals surface area contributed by atoms with Gasteiger partial charge in [0.1, 0.15) is 0 Å². The maximum absolute atomic E-state index is 12.5. The van der Waals surface area contributed by atoms with Gasteiger partial charge < -0.3 is 14.7 Å². The van der Waals surface area contributed by atoms with Gasteiger partial charge in [-0.2, -0.15) is 10.2 Å². The fourth-order valence-corrected chi connectivity index (χ4v) is 3.59. The molecule has 1 N–H and O–H groups in total. The van der Waals surface area contributed by atoms with Gasteiger partial charge in [-0.05, 0) is 36.8 Å². The van der Waals surface area contributed by atoms with Crippen molar-refractivity contribution in [1.29, 1.82) is 5.26 Å². The maximum atomic E-state index is 12.5. The highest BCUT2D eigenvalue weighted by Crippen LogP contribution is 2.21. The van der Waals surface area contributed by atoms with E-state index in [1.807, 2.05) is 37.3 Å². The summed E-state index contributed by atoms with van der Waals surface area (Å²) in [7, 11) is 0. The van der Waals surface area contributed by atoms with Gasteiger partial charge in [0.15, 0.2) is 5.82 Å². The number of nitrogens with one attached hydrogen (secondary N) is 1. The minimum atomic E-state index is -0.139. The van der Waals surface area contributed by atoms with Crippen LogP contribution in [0.5, 0.6) is 0 Å². The summed E-state index contributed by atoms with van der Waals surface area (Å²) in [4.78, 5) is 21.1. The molecule has 1 aromatic heterocycles. The van der Waals surface area contributed by atoms with Crippen molar-refractivity contribution in [2.45, 2.75) is 19.4 Å². The minimum Gasteiger partial charge on any atom is -0.338 e. The van der Waals surface area contributed by atoms with Gasteiger partial charge in [0.25, 0.3) is 0 Å². The minimum absolute atomic E-state index is 0.0132. The normalized spacial score (nSPS) is 15.3. The third kappa shape index (κ3) is 5.08. The monoisotopic (exact) mass is 416 g/mol. The number of nitrogens with zero attached hydrogens (tertiary/aromatic N) is 5. The molecule has 1 fully saturated rings. The lowest BCUT2D eigenvalue weighted by Gasteiger charge is -2.36. The van der Waals surface area contributed by atoms with Crippen LogP contribution >= 0.6 is 0 Å². The van der Waals surface area contributed by atoms with Gasteiger partial charge in [0.2, 0.25) is 5.89 Å². The van der Waals surface area contributed by atoms with Crippen LogP contribution in [0.2, 0.25) is 0 Å². The summed E-state index contributed by atoms with van der Waals surface area (Å²) in [6, 6.07) is 18.8. The molecule has 0 radical (unpaired) electrons. The number of carbonyl (C=O) groups is 1. The molecule has 1 aliphatic rings. The summed E-state index contributed by atoms with van der Waals surface area (Å²) in [6.45, 7) is 4.71. The number of carbonyl (C=O) groups excluding carboxylic acids is 1. The second kappa shape index (κ2) is 9.41. The molecule has 0 bridgehead atoms. The number of benzene rings is 2. The van der Waals surface area contributed by atoms with E-state index in [0.717, 1.165) is 18.7 Å². The van der Waals surface area contributed by atoms with E-state index in [1.165, 1.54) is 0 Å². The Kier molecular flexibility index (Phi) is 6.24. The van der Waals surface area contributed by atoms with Gasteiger partial charge in [-0.15, -0.1) is 0 Å². The molecule has 2 amide bonds. The first-order chi connectivity index (χ1) is 15.1. The third-order valence-corrected chi connectivity index (χ3v) is 5.46. The van der Waals surface area contributed by atoms with E-state index in [1.54, 1.807) is 29.2 Å². The van der Waals surface area contributed by atoms with Gasteiger partial charge in [-0.1, -0.05) is 35.5 Å². The van der Waals surface area contributed by atoms with E-state index >= 15 is 0 Å². The molecule has 4 rings (SSSR count). The molecular weight excluding hydrogens is 392 g/mol. The van der Waals surface area contributed by atoms with Crippen LogP contribution in [0.25, 0.3) is 0 Å². The smallest absolute Gasteiger partial charge is 0.321 e. The van der Waals surface area contributed by atoms with E-state index in [2.05, 4.69) is 26.4 Å². The zero-order valence-corrected chi connectivity index (χ0v) is 17.4. The van der Waals surface area contributed by atoms with Crippen molar-refractivity contribution in [1.82, 2.24) is 19.9 Å². The largest absolute Gasteiger partial charge is 0.338 e. The molecule has 1 saturated heterocycles. The number of anilines is 1. The first kappa shape index (κ1) is 20.6. The first-order valence-corrected chi connectivity index (χ1v) is 10.3. The van der Waals surface area contributed by atoms with Crippen LogP contribution in [0, 0.1) is 11.3 Å². The van der Waals surface area contributed by atoms with Crippen LogP contribution < -0.4 is 5.32 Å². The van der Waals surface area contributed by atoms with Gasteiger partial charge >= 0.3 is 6.03 Å². The number of hydrogen-bond acceptors (Lipinski definition) is 6. The van der Waals surface area contributed by atoms with Crippen molar-refractivity contribution in [3.63, 3.8) is 0 Å². The molecule has 2 aromatic carbocycles. The Balaban J connectivity index is 1.29. The zero-order valence-electron chi connectivity index (χ0n) is 17.4. The van der Waals surface area contributed by atoms with Crippen LogP contribution in [0.15, 0.2) is 59.1 Å². The Morgan fingerprint density at radius 3 is 2.52 bits per heavy atom. The highest BCUT2D eigenvalue weighted by atomic mass is 16.5. The zero-order chi connectivity index (χ0) is 21.6. The summed E-state index contributed by atoms with van der Waals surface area (Å²) < 4.78 is 5.51. The lowest BCUT2D eigenvalue weighted by Crippen LogP contribution is -2.50. The average Bonchev–Trinajstić information content (AvgIpc) is 3.28. The van der Waals surface area contributed by atoms with Crippen molar-refractivity contribution < 1.29 is 9.32 Å². The quantitative estimate of drug-likeness (QED) is 0.684. The molecule has 158 valence electrons. The number of piperazine rings is 1. The number of aromatic nitrogens is 2. The van der Waals surface area contributed by atoms with Crippen LogP contribution in [0.4, 0.5) is 10.5 Å². The Bertz CT molecular complexity index is 1050. The van der Waals surface area contributed by atoms with E-state index in [4.69, 9.17) is 9.78 Å². The first-order valence-electron chi connectivity index (χ1n) is 10.3. The van der Waals surface area contributed by atoms with Crippen molar-refractivity contribution in [2.75, 3.05) is 31.5 Å². The lowest BCUT2D eigenvalue weighted by atomic mass is 10.1. The van der Waals surface area contributed by atoms with E-state index in [-0.39, 0.29) is 12.1 Å². The molecule has 0 spiro atoms. The fourth-order valence-electron chi connectivity index (χ4n) is 3.59. The Morgan fingerprint density at radius 2 is 1.84 bits per heavy atom. The topological polar surface area (TPSA) is 98.3 Å². The molecular formula is C23H24N6O2. The highest BCUT2D eigenvalue weighted by molar-refractivity contribution is 5.89. The summed E-state index contributed by atoms with van der Waals surface area (Å²) in [5.74, 6) is 1.27. The SMILES string of the molecule is CC(c1nc(Cc2ccccc2)no1)N1CCN(C(=O)Nc2ccc(C#N)cc2)CC1. The number of nitriles is 1. The van der Waals surface area contributed by atoms with E-state index in [0.29, 0.717) is 42.5 Å². The number of rotatable bonds is 5. The van der Waals surface area contributed by atoms with Gasteiger partial charge in [-0.3, -0.25) is 4.90 Å². The van der Waals surface area contributed by atoms with Crippen LogP contribution in [0.1, 0.15) is 35.8 Å². The Hall–Kier alpha value is -3.70. The summed E-state index contributed by atoms with van der Waals surface area (Å²) >= 11 is 0. The lowest BCUT2D eigenvalue weighted by molar-refractivity contribution is 0.104. The standard InChI is InChI=1S/C23H24N6O2/c1-17(22-26-21(27-31-22)15-18-5-3-2-4-6-18)28-11-13-29(14-12-28)23(30)25-20-9-7-19(16-24)8-10-20/h2-10,17H,11-15H2,1H3,(H,25,30). The van der Waals surface area contributed by atoms with Crippen molar-refractivity contribution >= 4 is 11.7 Å². The van der Waals surface area contributed by atoms with Crippen LogP contribution in [0.3, 0.4) is 0 Å². The average molecular weight is 416 g/mol. The summed E-state index contributed by atoms with van der Waals surface area (Å²) in [5.41, 5.74) is 2.38. The van der Waals surface area contributed by atoms with Crippen molar-refractivity contribution in [3.8, 4) is 6.07 Å². The van der Waals surface area contributed by atoms with E-state index in [9.17, 15) is 4.79 Å². The van der Waals surface area contributed by atoms with Crippen LogP contribution in [-0.2, 0) is 6.42 Å². The molecule has 8 nitrogen and oxygen atoms in total. The van der Waals surface area contributed by atoms with Gasteiger partial charge in [-0.25, -0.2) is 4.79 Å². The van der Waals surface area contributed by atoms with Gasteiger partial charge in [0, 0.05) is 38.3 Å². The molecule has 3 aromatic rings. The fraction of sp³-hybridized carbons (Fsp3) is 0.304. The molecule has 31 heavy (non-hydrogen) atoms. The Morgan fingerprint density at radius 1 is 1.13 bits per heavy atom. The summed E-state index contributed by atoms with van der Waals surface area (Å²) in [5, 5.41) is 15.9. The number of hydrogen-bond donors (Lipinski definition) is 1. The van der Waals surface area contributed by atoms with E-state index < -0.39 is 0 Å². The predicted molar refractivity (Wildman–Crippen MR) is 115 cm³/mol. The molecule has 0 aliphatic carbocycles. The molecule has 1 aliphatic heterocycles. The number of amides is 2. The predicted octanol–water partition coefficient (Wildman–Crippen LogP) is 3.44. The van der Waals surface area contributed by atoms with Gasteiger partial charge in [0.05, 0.1) is 17.7 Å². The molecule has 2 heterocycles. The third-order valence-electron chi connectivity index (χ3n) is 5.46. The van der Waals surface area contributed by atoms with Crippen molar-refractivity contribution in [2.24, 2.45) is 0 Å². The molecule has 1 atom stereocenters. The maximum Gasteiger partial charge on any atom is 0.321 e. The number of urea groups is 1. The molecule has 0 saturated carbocycles. The second-order valence-corrected chi connectivity index (χ2v) is 7.53. The van der Waals surface area contributed by atoms with Crippen molar-refractivity contribution in [3.05, 3.63) is 77.4 Å².